The van der Waals surface area contributed by atoms with Crippen molar-refractivity contribution in [3.8, 4) is 11.5 Å². The van der Waals surface area contributed by atoms with E-state index in [4.69, 9.17) is 9.47 Å². The summed E-state index contributed by atoms with van der Waals surface area (Å²) in [4.78, 5) is 27.9. The Kier molecular flexibility index (Phi) is 10.2. The Labute approximate surface area is 198 Å². The maximum absolute atomic E-state index is 13.2. The molecule has 0 radical (unpaired) electrons. The van der Waals surface area contributed by atoms with Crippen molar-refractivity contribution in [1.29, 1.82) is 0 Å². The highest BCUT2D eigenvalue weighted by molar-refractivity contribution is 5.88. The number of benzene rings is 2. The normalized spacial score (nSPS) is 12.0. The van der Waals surface area contributed by atoms with Crippen LogP contribution in [0.15, 0.2) is 54.6 Å². The Morgan fingerprint density at radius 2 is 1.64 bits per heavy atom. The summed E-state index contributed by atoms with van der Waals surface area (Å²) in [5, 5.41) is 3.03. The lowest BCUT2D eigenvalue weighted by molar-refractivity contribution is -0.141. The lowest BCUT2D eigenvalue weighted by atomic mass is 10.0. The fourth-order valence-corrected chi connectivity index (χ4v) is 3.58. The number of methoxy groups -OCH3 is 1. The number of hydrogen-bond acceptors (Lipinski definition) is 4. The molecule has 180 valence electrons. The van der Waals surface area contributed by atoms with Gasteiger partial charge in [-0.15, -0.1) is 0 Å². The van der Waals surface area contributed by atoms with Crippen LogP contribution in [0, 0.1) is 0 Å². The average molecular weight is 455 g/mol. The fourth-order valence-electron chi connectivity index (χ4n) is 3.58. The van der Waals surface area contributed by atoms with E-state index in [9.17, 15) is 9.59 Å². The van der Waals surface area contributed by atoms with Crippen LogP contribution in [-0.2, 0) is 16.0 Å². The lowest BCUT2D eigenvalue weighted by Crippen LogP contribution is -2.54. The lowest BCUT2D eigenvalue weighted by Gasteiger charge is -2.33. The van der Waals surface area contributed by atoms with Crippen molar-refractivity contribution in [2.45, 2.75) is 65.0 Å². The van der Waals surface area contributed by atoms with Crippen LogP contribution in [0.25, 0.3) is 0 Å². The van der Waals surface area contributed by atoms with E-state index in [1.54, 1.807) is 12.0 Å². The van der Waals surface area contributed by atoms with Crippen LogP contribution in [0.4, 0.5) is 0 Å². The molecule has 0 spiro atoms. The quantitative estimate of drug-likeness (QED) is 0.475. The number of carbonyl (C=O) groups excluding carboxylic acids is 2. The predicted molar refractivity (Wildman–Crippen MR) is 132 cm³/mol. The summed E-state index contributed by atoms with van der Waals surface area (Å²) in [6, 6.07) is 16.9. The summed E-state index contributed by atoms with van der Waals surface area (Å²) < 4.78 is 10.9. The first-order valence-electron chi connectivity index (χ1n) is 11.7. The standard InChI is InChI=1S/C27H38N2O4/c1-6-24(26(31)28-27(2,3)4)29(19-18-21-11-8-7-9-12-21)25(30)13-10-20-33-23-16-14-22(32-5)15-17-23/h7-9,11-12,14-17,24H,6,10,13,18-20H2,1-5H3,(H,28,31)/t24-/m1/s1. The van der Waals surface area contributed by atoms with Crippen LogP contribution in [-0.4, -0.2) is 48.6 Å². The van der Waals surface area contributed by atoms with Crippen molar-refractivity contribution in [3.05, 3.63) is 60.2 Å². The zero-order valence-electron chi connectivity index (χ0n) is 20.6. The van der Waals surface area contributed by atoms with E-state index in [0.29, 0.717) is 38.8 Å². The van der Waals surface area contributed by atoms with E-state index in [1.807, 2.05) is 82.3 Å². The molecule has 2 amide bonds. The van der Waals surface area contributed by atoms with Gasteiger partial charge in [0.25, 0.3) is 0 Å². The molecule has 2 aromatic carbocycles. The molecular weight excluding hydrogens is 416 g/mol. The van der Waals surface area contributed by atoms with Crippen LogP contribution in [0.2, 0.25) is 0 Å². The van der Waals surface area contributed by atoms with Gasteiger partial charge in [0.2, 0.25) is 11.8 Å². The summed E-state index contributed by atoms with van der Waals surface area (Å²) in [7, 11) is 1.62. The number of carbonyl (C=O) groups is 2. The molecule has 0 aliphatic heterocycles. The number of ether oxygens (including phenoxy) is 2. The van der Waals surface area contributed by atoms with Crippen molar-refractivity contribution >= 4 is 11.8 Å². The fraction of sp³-hybridized carbons (Fsp3) is 0.481. The minimum absolute atomic E-state index is 0.0276. The molecule has 2 aromatic rings. The summed E-state index contributed by atoms with van der Waals surface area (Å²) in [5.41, 5.74) is 0.787. The summed E-state index contributed by atoms with van der Waals surface area (Å²) >= 11 is 0. The van der Waals surface area contributed by atoms with Crippen molar-refractivity contribution < 1.29 is 19.1 Å². The first-order valence-corrected chi connectivity index (χ1v) is 11.7. The van der Waals surface area contributed by atoms with Gasteiger partial charge in [-0.3, -0.25) is 9.59 Å². The second-order valence-corrected chi connectivity index (χ2v) is 9.11. The molecule has 0 aliphatic rings. The molecule has 0 saturated carbocycles. The van der Waals surface area contributed by atoms with Gasteiger partial charge in [0, 0.05) is 18.5 Å². The molecule has 0 aromatic heterocycles. The molecule has 6 heteroatoms. The molecule has 0 saturated heterocycles. The number of nitrogens with zero attached hydrogens (tertiary/aromatic N) is 1. The van der Waals surface area contributed by atoms with Crippen LogP contribution in [0.5, 0.6) is 11.5 Å². The Morgan fingerprint density at radius 1 is 1.00 bits per heavy atom. The summed E-state index contributed by atoms with van der Waals surface area (Å²) in [6.45, 7) is 8.72. The average Bonchev–Trinajstić information content (AvgIpc) is 2.79. The maximum atomic E-state index is 13.2. The van der Waals surface area contributed by atoms with E-state index in [0.717, 1.165) is 17.1 Å². The molecule has 1 atom stereocenters. The van der Waals surface area contributed by atoms with E-state index < -0.39 is 6.04 Å². The third-order valence-corrected chi connectivity index (χ3v) is 5.23. The number of amides is 2. The topological polar surface area (TPSA) is 67.9 Å². The zero-order valence-corrected chi connectivity index (χ0v) is 20.6. The Hall–Kier alpha value is -3.02. The van der Waals surface area contributed by atoms with Gasteiger partial charge in [-0.1, -0.05) is 37.3 Å². The summed E-state index contributed by atoms with van der Waals surface area (Å²) in [6.07, 6.45) is 2.16. The van der Waals surface area contributed by atoms with Gasteiger partial charge in [0.05, 0.1) is 13.7 Å². The van der Waals surface area contributed by atoms with Crippen LogP contribution < -0.4 is 14.8 Å². The molecule has 0 unspecified atom stereocenters. The first kappa shape index (κ1) is 26.2. The van der Waals surface area contributed by atoms with Gasteiger partial charge in [0.15, 0.2) is 0 Å². The van der Waals surface area contributed by atoms with E-state index >= 15 is 0 Å². The van der Waals surface area contributed by atoms with Crippen LogP contribution >= 0.6 is 0 Å². The van der Waals surface area contributed by atoms with E-state index in [2.05, 4.69) is 5.32 Å². The molecule has 6 nitrogen and oxygen atoms in total. The Bertz CT molecular complexity index is 860. The predicted octanol–water partition coefficient (Wildman–Crippen LogP) is 4.62. The molecule has 0 bridgehead atoms. The highest BCUT2D eigenvalue weighted by Crippen LogP contribution is 2.18. The van der Waals surface area contributed by atoms with Gasteiger partial charge in [0.1, 0.15) is 17.5 Å². The Morgan fingerprint density at radius 3 is 2.21 bits per heavy atom. The molecule has 0 heterocycles. The third kappa shape index (κ3) is 9.16. The largest absolute Gasteiger partial charge is 0.497 e. The SMILES string of the molecule is CC[C@H](C(=O)NC(C)(C)C)N(CCc1ccccc1)C(=O)CCCOc1ccc(OC)cc1. The highest BCUT2D eigenvalue weighted by atomic mass is 16.5. The molecule has 33 heavy (non-hydrogen) atoms. The molecule has 1 N–H and O–H groups in total. The van der Waals surface area contributed by atoms with E-state index in [-0.39, 0.29) is 17.4 Å². The second-order valence-electron chi connectivity index (χ2n) is 9.11. The smallest absolute Gasteiger partial charge is 0.243 e. The van der Waals surface area contributed by atoms with Crippen molar-refractivity contribution in [1.82, 2.24) is 10.2 Å². The molecule has 2 rings (SSSR count). The zero-order chi connectivity index (χ0) is 24.3. The summed E-state index contributed by atoms with van der Waals surface area (Å²) in [5.74, 6) is 1.37. The first-order chi connectivity index (χ1) is 15.7. The van der Waals surface area contributed by atoms with Gasteiger partial charge in [-0.2, -0.15) is 0 Å². The van der Waals surface area contributed by atoms with Crippen molar-refractivity contribution in [3.63, 3.8) is 0 Å². The number of nitrogens with one attached hydrogen (secondary N) is 1. The highest BCUT2D eigenvalue weighted by Gasteiger charge is 2.30. The van der Waals surface area contributed by atoms with Gasteiger partial charge < -0.3 is 19.7 Å². The monoisotopic (exact) mass is 454 g/mol. The Balaban J connectivity index is 2.00. The minimum atomic E-state index is -0.497. The molecule has 0 aliphatic carbocycles. The maximum Gasteiger partial charge on any atom is 0.243 e. The number of rotatable bonds is 12. The van der Waals surface area contributed by atoms with Gasteiger partial charge in [-0.25, -0.2) is 0 Å². The second kappa shape index (κ2) is 12.9. The van der Waals surface area contributed by atoms with Gasteiger partial charge in [-0.05, 0) is 69.9 Å². The third-order valence-electron chi connectivity index (χ3n) is 5.23. The van der Waals surface area contributed by atoms with Gasteiger partial charge >= 0.3 is 0 Å². The van der Waals surface area contributed by atoms with Crippen LogP contribution in [0.1, 0.15) is 52.5 Å². The van der Waals surface area contributed by atoms with E-state index in [1.165, 1.54) is 0 Å². The van der Waals surface area contributed by atoms with Crippen molar-refractivity contribution in [2.75, 3.05) is 20.3 Å². The van der Waals surface area contributed by atoms with Crippen LogP contribution in [0.3, 0.4) is 0 Å². The van der Waals surface area contributed by atoms with Crippen molar-refractivity contribution in [2.24, 2.45) is 0 Å². The number of hydrogen-bond donors (Lipinski definition) is 1. The molecular formula is C27H38N2O4. The minimum Gasteiger partial charge on any atom is -0.497 e. The molecule has 0 fully saturated rings.